The number of carbonyl (C=O) groups is 2. The van der Waals surface area contributed by atoms with Crippen LogP contribution in [0.1, 0.15) is 22.8 Å². The van der Waals surface area contributed by atoms with Crippen molar-refractivity contribution in [3.63, 3.8) is 0 Å². The van der Waals surface area contributed by atoms with Crippen LogP contribution in [0.5, 0.6) is 0 Å². The Morgan fingerprint density at radius 2 is 1.84 bits per heavy atom. The highest BCUT2D eigenvalue weighted by molar-refractivity contribution is 6.04. The molecule has 0 aliphatic heterocycles. The van der Waals surface area contributed by atoms with Gasteiger partial charge in [0, 0.05) is 11.3 Å². The zero-order valence-corrected chi connectivity index (χ0v) is 13.8. The van der Waals surface area contributed by atoms with Gasteiger partial charge in [-0.15, -0.1) is 0 Å². The third-order valence-electron chi connectivity index (χ3n) is 3.54. The highest BCUT2D eigenvalue weighted by atomic mass is 16.4. The minimum atomic E-state index is -0.835. The summed E-state index contributed by atoms with van der Waals surface area (Å²) in [7, 11) is 0. The summed E-state index contributed by atoms with van der Waals surface area (Å²) in [6.45, 7) is 1.65. The molecule has 1 amide bonds. The summed E-state index contributed by atoms with van der Waals surface area (Å²) in [6.07, 6.45) is 0.435. The first-order chi connectivity index (χ1) is 11.8. The topological polar surface area (TPSA) is 131 Å². The molecule has 1 atom stereocenters. The molecule has 0 radical (unpaired) electrons. The Morgan fingerprint density at radius 1 is 1.16 bits per heavy atom. The molecular formula is C18H20N4O3. The number of anilines is 1. The van der Waals surface area contributed by atoms with Crippen molar-refractivity contribution < 1.29 is 14.7 Å². The first-order valence-corrected chi connectivity index (χ1v) is 7.68. The van der Waals surface area contributed by atoms with E-state index in [1.807, 2.05) is 0 Å². The lowest BCUT2D eigenvalue weighted by atomic mass is 10.0. The van der Waals surface area contributed by atoms with Crippen LogP contribution in [0, 0.1) is 5.92 Å². The molecule has 2 aromatic carbocycles. The van der Waals surface area contributed by atoms with E-state index in [0.717, 1.165) is 5.56 Å². The fourth-order valence-electron chi connectivity index (χ4n) is 2.23. The Balaban J connectivity index is 2.05. The summed E-state index contributed by atoms with van der Waals surface area (Å²) in [5.74, 6) is -1.67. The number of aliphatic carboxylic acids is 1. The van der Waals surface area contributed by atoms with Crippen molar-refractivity contribution in [2.24, 2.45) is 22.4 Å². The Bertz CT molecular complexity index is 796. The molecule has 0 saturated carbocycles. The highest BCUT2D eigenvalue weighted by Crippen LogP contribution is 2.17. The van der Waals surface area contributed by atoms with Gasteiger partial charge in [-0.1, -0.05) is 25.1 Å². The maximum absolute atomic E-state index is 12.3. The average Bonchev–Trinajstić information content (AvgIpc) is 2.56. The molecule has 0 saturated heterocycles. The fourth-order valence-corrected chi connectivity index (χ4v) is 2.23. The predicted molar refractivity (Wildman–Crippen MR) is 96.8 cm³/mol. The molecule has 0 aromatic heterocycles. The SMILES string of the molecule is CC(Cc1ccc(NC(=O)c2cccc(N=C(N)N)c2)cc1)C(=O)O. The number of benzene rings is 2. The number of guanidine groups is 1. The summed E-state index contributed by atoms with van der Waals surface area (Å²) in [4.78, 5) is 27.1. The van der Waals surface area contributed by atoms with Gasteiger partial charge in [0.15, 0.2) is 5.96 Å². The molecule has 0 heterocycles. The van der Waals surface area contributed by atoms with Crippen LogP contribution in [0.3, 0.4) is 0 Å². The van der Waals surface area contributed by atoms with Crippen LogP contribution in [0.2, 0.25) is 0 Å². The van der Waals surface area contributed by atoms with Gasteiger partial charge in [-0.3, -0.25) is 9.59 Å². The summed E-state index contributed by atoms with van der Waals surface area (Å²) in [5.41, 5.74) is 13.1. The molecule has 0 fully saturated rings. The lowest BCUT2D eigenvalue weighted by molar-refractivity contribution is -0.141. The summed E-state index contributed by atoms with van der Waals surface area (Å²) in [5, 5.41) is 11.7. The number of carbonyl (C=O) groups excluding carboxylic acids is 1. The van der Waals surface area contributed by atoms with Crippen LogP contribution < -0.4 is 16.8 Å². The molecule has 0 aliphatic carbocycles. The maximum Gasteiger partial charge on any atom is 0.306 e. The standard InChI is InChI=1S/C18H20N4O3/c1-11(17(24)25)9-12-5-7-14(8-6-12)21-16(23)13-3-2-4-15(10-13)22-18(19)20/h2-8,10-11H,9H2,1H3,(H,21,23)(H,24,25)(H4,19,20,22). The number of aliphatic imine (C=N–C) groups is 1. The average molecular weight is 340 g/mol. The van der Waals surface area contributed by atoms with Crippen LogP contribution in [-0.2, 0) is 11.2 Å². The van der Waals surface area contributed by atoms with Gasteiger partial charge in [-0.25, -0.2) is 4.99 Å². The molecule has 7 heteroatoms. The predicted octanol–water partition coefficient (Wildman–Crippen LogP) is 2.11. The Hall–Kier alpha value is -3.35. The van der Waals surface area contributed by atoms with Gasteiger partial charge in [0.2, 0.25) is 0 Å². The van der Waals surface area contributed by atoms with Gasteiger partial charge in [-0.2, -0.15) is 0 Å². The normalized spacial score (nSPS) is 11.4. The number of amides is 1. The van der Waals surface area contributed by atoms with Crippen LogP contribution in [-0.4, -0.2) is 22.9 Å². The number of carboxylic acids is 1. The molecule has 2 aromatic rings. The third kappa shape index (κ3) is 5.35. The Morgan fingerprint density at radius 3 is 2.44 bits per heavy atom. The minimum Gasteiger partial charge on any atom is -0.481 e. The van der Waals surface area contributed by atoms with Crippen molar-refractivity contribution in [1.82, 2.24) is 0 Å². The summed E-state index contributed by atoms with van der Waals surface area (Å²) >= 11 is 0. The molecule has 7 nitrogen and oxygen atoms in total. The number of nitrogens with zero attached hydrogens (tertiary/aromatic N) is 1. The van der Waals surface area contributed by atoms with Gasteiger partial charge in [0.05, 0.1) is 11.6 Å². The lowest BCUT2D eigenvalue weighted by Gasteiger charge is -2.09. The zero-order chi connectivity index (χ0) is 18.4. The van der Waals surface area contributed by atoms with Crippen molar-refractivity contribution in [1.29, 1.82) is 0 Å². The third-order valence-corrected chi connectivity index (χ3v) is 3.54. The molecule has 25 heavy (non-hydrogen) atoms. The molecule has 130 valence electrons. The maximum atomic E-state index is 12.3. The van der Waals surface area contributed by atoms with E-state index >= 15 is 0 Å². The molecular weight excluding hydrogens is 320 g/mol. The molecule has 1 unspecified atom stereocenters. The van der Waals surface area contributed by atoms with Crippen molar-refractivity contribution in [3.05, 3.63) is 59.7 Å². The van der Waals surface area contributed by atoms with Gasteiger partial charge in [0.25, 0.3) is 5.91 Å². The second kappa shape index (κ2) is 7.96. The van der Waals surface area contributed by atoms with Crippen molar-refractivity contribution in [2.75, 3.05) is 5.32 Å². The number of hydrogen-bond acceptors (Lipinski definition) is 3. The molecule has 0 aliphatic rings. The van der Waals surface area contributed by atoms with Crippen molar-refractivity contribution >= 4 is 29.2 Å². The van der Waals surface area contributed by atoms with Crippen molar-refractivity contribution in [2.45, 2.75) is 13.3 Å². The van der Waals surface area contributed by atoms with Crippen LogP contribution in [0.15, 0.2) is 53.5 Å². The van der Waals surface area contributed by atoms with E-state index in [9.17, 15) is 9.59 Å². The van der Waals surface area contributed by atoms with E-state index < -0.39 is 11.9 Å². The van der Waals surface area contributed by atoms with E-state index in [0.29, 0.717) is 23.4 Å². The molecule has 2 rings (SSSR count). The van der Waals surface area contributed by atoms with Gasteiger partial charge in [0.1, 0.15) is 0 Å². The van der Waals surface area contributed by atoms with Gasteiger partial charge in [-0.05, 0) is 42.3 Å². The number of carboxylic acid groups (broad SMARTS) is 1. The smallest absolute Gasteiger partial charge is 0.306 e. The number of nitrogens with two attached hydrogens (primary N) is 2. The second-order valence-corrected chi connectivity index (χ2v) is 5.68. The summed E-state index contributed by atoms with van der Waals surface area (Å²) < 4.78 is 0. The lowest BCUT2D eigenvalue weighted by Crippen LogP contribution is -2.21. The highest BCUT2D eigenvalue weighted by Gasteiger charge is 2.12. The number of nitrogens with one attached hydrogen (secondary N) is 1. The second-order valence-electron chi connectivity index (χ2n) is 5.68. The largest absolute Gasteiger partial charge is 0.481 e. The van der Waals surface area contributed by atoms with E-state index in [1.165, 1.54) is 0 Å². The first kappa shape index (κ1) is 18.0. The number of rotatable bonds is 6. The monoisotopic (exact) mass is 340 g/mol. The number of hydrogen-bond donors (Lipinski definition) is 4. The van der Waals surface area contributed by atoms with E-state index in [1.54, 1.807) is 55.5 Å². The van der Waals surface area contributed by atoms with Gasteiger partial charge >= 0.3 is 5.97 Å². The van der Waals surface area contributed by atoms with Crippen LogP contribution in [0.25, 0.3) is 0 Å². The minimum absolute atomic E-state index is 0.0799. The Kier molecular flexibility index (Phi) is 5.73. The van der Waals surface area contributed by atoms with Crippen LogP contribution in [0.4, 0.5) is 11.4 Å². The first-order valence-electron chi connectivity index (χ1n) is 7.68. The van der Waals surface area contributed by atoms with E-state index in [-0.39, 0.29) is 11.9 Å². The molecule has 0 spiro atoms. The van der Waals surface area contributed by atoms with Gasteiger partial charge < -0.3 is 21.9 Å². The quantitative estimate of drug-likeness (QED) is 0.472. The Labute approximate surface area is 145 Å². The van der Waals surface area contributed by atoms with Crippen LogP contribution >= 0.6 is 0 Å². The zero-order valence-electron chi connectivity index (χ0n) is 13.8. The molecule has 0 bridgehead atoms. The van der Waals surface area contributed by atoms with Crippen molar-refractivity contribution in [3.8, 4) is 0 Å². The molecule has 6 N–H and O–H groups in total. The summed E-state index contributed by atoms with van der Waals surface area (Å²) in [6, 6.07) is 13.7. The fraction of sp³-hybridized carbons (Fsp3) is 0.167. The van der Waals surface area contributed by atoms with E-state index in [4.69, 9.17) is 16.6 Å². The van der Waals surface area contributed by atoms with E-state index in [2.05, 4.69) is 10.3 Å².